The first-order valence-electron chi connectivity index (χ1n) is 7.01. The molecule has 2 aromatic heterocycles. The van der Waals surface area contributed by atoms with Crippen molar-refractivity contribution >= 4 is 17.2 Å². The van der Waals surface area contributed by atoms with Crippen molar-refractivity contribution in [3.05, 3.63) is 71.5 Å². The van der Waals surface area contributed by atoms with Gasteiger partial charge in [-0.05, 0) is 12.1 Å². The highest BCUT2D eigenvalue weighted by atomic mass is 32.1. The molecule has 0 bridgehead atoms. The number of carbonyl (C=O) groups excluding carboxylic acids is 1. The number of thiazole rings is 1. The number of hydrogen-bond acceptors (Lipinski definition) is 4. The molecule has 0 aliphatic heterocycles. The van der Waals surface area contributed by atoms with Crippen molar-refractivity contribution in [3.8, 4) is 10.6 Å². The van der Waals surface area contributed by atoms with Gasteiger partial charge in [0.1, 0.15) is 5.01 Å². The van der Waals surface area contributed by atoms with Crippen LogP contribution in [0.15, 0.2) is 60.2 Å². The molecule has 110 valence electrons. The number of nitrogens with one attached hydrogen (secondary N) is 1. The van der Waals surface area contributed by atoms with Crippen molar-refractivity contribution in [1.29, 1.82) is 0 Å². The summed E-state index contributed by atoms with van der Waals surface area (Å²) in [4.78, 5) is 20.4. The second kappa shape index (κ2) is 6.95. The number of nitrogens with zero attached hydrogens (tertiary/aromatic N) is 2. The average molecular weight is 309 g/mol. The number of hydrogen-bond donors (Lipinski definition) is 1. The van der Waals surface area contributed by atoms with Gasteiger partial charge in [0, 0.05) is 41.9 Å². The molecule has 0 atom stereocenters. The zero-order valence-corrected chi connectivity index (χ0v) is 12.7. The number of benzene rings is 1. The Labute approximate surface area is 132 Å². The molecular weight excluding hydrogens is 294 g/mol. The van der Waals surface area contributed by atoms with Gasteiger partial charge in [0.25, 0.3) is 5.91 Å². The van der Waals surface area contributed by atoms with Crippen LogP contribution in [0, 0.1) is 0 Å². The van der Waals surface area contributed by atoms with E-state index in [1.807, 2.05) is 35.7 Å². The van der Waals surface area contributed by atoms with Crippen LogP contribution in [0.3, 0.4) is 0 Å². The summed E-state index contributed by atoms with van der Waals surface area (Å²) in [7, 11) is 0. The lowest BCUT2D eigenvalue weighted by Crippen LogP contribution is -2.25. The second-order valence-electron chi connectivity index (χ2n) is 4.75. The predicted octanol–water partition coefficient (Wildman–Crippen LogP) is 3.18. The summed E-state index contributed by atoms with van der Waals surface area (Å²) in [6, 6.07) is 13.5. The smallest absolute Gasteiger partial charge is 0.251 e. The van der Waals surface area contributed by atoms with Crippen LogP contribution in [0.5, 0.6) is 0 Å². The second-order valence-corrected chi connectivity index (χ2v) is 5.61. The molecule has 3 rings (SSSR count). The van der Waals surface area contributed by atoms with E-state index < -0.39 is 0 Å². The monoisotopic (exact) mass is 309 g/mol. The van der Waals surface area contributed by atoms with Gasteiger partial charge in [-0.1, -0.05) is 30.3 Å². The maximum Gasteiger partial charge on any atom is 0.251 e. The largest absolute Gasteiger partial charge is 0.352 e. The van der Waals surface area contributed by atoms with Gasteiger partial charge in [-0.15, -0.1) is 11.3 Å². The third-order valence-electron chi connectivity index (χ3n) is 3.18. The Kier molecular flexibility index (Phi) is 4.56. The first-order valence-corrected chi connectivity index (χ1v) is 7.89. The molecular formula is C17H15N3OS. The van der Waals surface area contributed by atoms with E-state index in [0.717, 1.165) is 22.7 Å². The summed E-state index contributed by atoms with van der Waals surface area (Å²) in [6.45, 7) is 0.569. The lowest BCUT2D eigenvalue weighted by Gasteiger charge is -2.03. The Morgan fingerprint density at radius 1 is 1.09 bits per heavy atom. The maximum absolute atomic E-state index is 11.9. The van der Waals surface area contributed by atoms with Crippen molar-refractivity contribution in [1.82, 2.24) is 15.3 Å². The van der Waals surface area contributed by atoms with Crippen molar-refractivity contribution < 1.29 is 4.79 Å². The zero-order valence-electron chi connectivity index (χ0n) is 11.9. The van der Waals surface area contributed by atoms with E-state index >= 15 is 0 Å². The molecule has 5 heteroatoms. The van der Waals surface area contributed by atoms with Crippen LogP contribution in [-0.2, 0) is 6.42 Å². The van der Waals surface area contributed by atoms with E-state index in [1.165, 1.54) is 0 Å². The van der Waals surface area contributed by atoms with Crippen molar-refractivity contribution in [2.45, 2.75) is 6.42 Å². The van der Waals surface area contributed by atoms with Crippen LogP contribution in [-0.4, -0.2) is 22.4 Å². The van der Waals surface area contributed by atoms with E-state index in [-0.39, 0.29) is 5.91 Å². The topological polar surface area (TPSA) is 54.9 Å². The lowest BCUT2D eigenvalue weighted by atomic mass is 10.2. The molecule has 0 unspecified atom stereocenters. The summed E-state index contributed by atoms with van der Waals surface area (Å²) < 4.78 is 0. The molecule has 1 N–H and O–H groups in total. The predicted molar refractivity (Wildman–Crippen MR) is 87.8 cm³/mol. The molecule has 22 heavy (non-hydrogen) atoms. The van der Waals surface area contributed by atoms with Crippen molar-refractivity contribution in [2.75, 3.05) is 6.54 Å². The van der Waals surface area contributed by atoms with Crippen LogP contribution in [0.1, 0.15) is 16.1 Å². The molecule has 0 aliphatic rings. The Bertz CT molecular complexity index is 741. The summed E-state index contributed by atoms with van der Waals surface area (Å²) in [6.07, 6.45) is 3.95. The van der Waals surface area contributed by atoms with Gasteiger partial charge >= 0.3 is 0 Å². The summed E-state index contributed by atoms with van der Waals surface area (Å²) in [5.74, 6) is -0.0825. The molecule has 1 amide bonds. The fourth-order valence-corrected chi connectivity index (χ4v) is 2.90. The van der Waals surface area contributed by atoms with Gasteiger partial charge in [-0.25, -0.2) is 4.98 Å². The Balaban J connectivity index is 1.55. The first kappa shape index (κ1) is 14.4. The molecule has 0 spiro atoms. The number of pyridine rings is 1. The standard InChI is InChI=1S/C17H15N3OS/c21-16(13-6-9-18-10-7-13)19-11-8-15-12-22-17(20-15)14-4-2-1-3-5-14/h1-7,9-10,12H,8,11H2,(H,19,21). The SMILES string of the molecule is O=C(NCCc1csc(-c2ccccc2)n1)c1ccncc1. The van der Waals surface area contributed by atoms with Crippen molar-refractivity contribution in [3.63, 3.8) is 0 Å². The molecule has 1 aromatic carbocycles. The van der Waals surface area contributed by atoms with Crippen LogP contribution < -0.4 is 5.32 Å². The van der Waals surface area contributed by atoms with Gasteiger partial charge in [-0.3, -0.25) is 9.78 Å². The molecule has 0 radical (unpaired) electrons. The number of amides is 1. The molecule has 3 aromatic rings. The van der Waals surface area contributed by atoms with Gasteiger partial charge in [-0.2, -0.15) is 0 Å². The minimum absolute atomic E-state index is 0.0825. The summed E-state index contributed by atoms with van der Waals surface area (Å²) in [5.41, 5.74) is 2.75. The van der Waals surface area contributed by atoms with Gasteiger partial charge < -0.3 is 5.32 Å². The lowest BCUT2D eigenvalue weighted by molar-refractivity contribution is 0.0954. The highest BCUT2D eigenvalue weighted by Gasteiger charge is 2.06. The number of aromatic nitrogens is 2. The Morgan fingerprint density at radius 2 is 1.86 bits per heavy atom. The maximum atomic E-state index is 11.9. The van der Waals surface area contributed by atoms with E-state index in [0.29, 0.717) is 12.1 Å². The molecule has 0 fully saturated rings. The Hall–Kier alpha value is -2.53. The van der Waals surface area contributed by atoms with E-state index in [2.05, 4.69) is 15.3 Å². The van der Waals surface area contributed by atoms with E-state index in [1.54, 1.807) is 35.9 Å². The number of carbonyl (C=O) groups is 1. The third-order valence-corrected chi connectivity index (χ3v) is 4.12. The van der Waals surface area contributed by atoms with Gasteiger partial charge in [0.15, 0.2) is 0 Å². The highest BCUT2D eigenvalue weighted by molar-refractivity contribution is 7.13. The fourth-order valence-electron chi connectivity index (χ4n) is 2.04. The van der Waals surface area contributed by atoms with E-state index in [9.17, 15) is 4.79 Å². The Morgan fingerprint density at radius 3 is 2.64 bits per heavy atom. The van der Waals surface area contributed by atoms with Crippen LogP contribution >= 0.6 is 11.3 Å². The molecule has 2 heterocycles. The van der Waals surface area contributed by atoms with Crippen LogP contribution in [0.4, 0.5) is 0 Å². The quantitative estimate of drug-likeness (QED) is 0.787. The summed E-state index contributed by atoms with van der Waals surface area (Å²) >= 11 is 1.63. The molecule has 0 aliphatic carbocycles. The molecule has 0 saturated heterocycles. The third kappa shape index (κ3) is 3.56. The zero-order chi connectivity index (χ0) is 15.2. The molecule has 0 saturated carbocycles. The average Bonchev–Trinajstić information content (AvgIpc) is 3.05. The highest BCUT2D eigenvalue weighted by Crippen LogP contribution is 2.23. The summed E-state index contributed by atoms with van der Waals surface area (Å²) in [5, 5.41) is 5.95. The van der Waals surface area contributed by atoms with E-state index in [4.69, 9.17) is 0 Å². The molecule has 4 nitrogen and oxygen atoms in total. The van der Waals surface area contributed by atoms with Gasteiger partial charge in [0.2, 0.25) is 0 Å². The normalized spacial score (nSPS) is 10.4. The van der Waals surface area contributed by atoms with Crippen molar-refractivity contribution in [2.24, 2.45) is 0 Å². The fraction of sp³-hybridized carbons (Fsp3) is 0.118. The minimum Gasteiger partial charge on any atom is -0.352 e. The number of rotatable bonds is 5. The first-order chi connectivity index (χ1) is 10.8. The van der Waals surface area contributed by atoms with Gasteiger partial charge in [0.05, 0.1) is 5.69 Å². The van der Waals surface area contributed by atoms with Crippen LogP contribution in [0.2, 0.25) is 0 Å². The van der Waals surface area contributed by atoms with Crippen LogP contribution in [0.25, 0.3) is 10.6 Å². The minimum atomic E-state index is -0.0825.